The van der Waals surface area contributed by atoms with Crippen molar-refractivity contribution in [1.29, 1.82) is 0 Å². The molecule has 2 aliphatic rings. The van der Waals surface area contributed by atoms with E-state index in [0.717, 1.165) is 11.6 Å². The average Bonchev–Trinajstić information content (AvgIpc) is 3.28. The van der Waals surface area contributed by atoms with Crippen molar-refractivity contribution in [2.24, 2.45) is 5.14 Å². The molecule has 4 N–H and O–H groups in total. The van der Waals surface area contributed by atoms with Gasteiger partial charge in [-0.3, -0.25) is 19.3 Å². The van der Waals surface area contributed by atoms with E-state index in [0.29, 0.717) is 34.5 Å². The third-order valence-corrected chi connectivity index (χ3v) is 6.94. The summed E-state index contributed by atoms with van der Waals surface area (Å²) in [6, 6.07) is 8.57. The molecule has 2 aromatic rings. The van der Waals surface area contributed by atoms with E-state index in [9.17, 15) is 36.0 Å². The maximum atomic E-state index is 13.5. The van der Waals surface area contributed by atoms with Gasteiger partial charge in [-0.25, -0.2) is 15.3 Å². The third kappa shape index (κ3) is 6.24. The van der Waals surface area contributed by atoms with Crippen LogP contribution in [0.3, 0.4) is 0 Å². The number of nitrogens with zero attached hydrogens (tertiary/aromatic N) is 2. The summed E-state index contributed by atoms with van der Waals surface area (Å²) >= 11 is 6.32. The second kappa shape index (κ2) is 9.98. The molecule has 0 bridgehead atoms. The summed E-state index contributed by atoms with van der Waals surface area (Å²) in [6.07, 6.45) is -3.15. The van der Waals surface area contributed by atoms with Gasteiger partial charge >= 0.3 is 6.18 Å². The van der Waals surface area contributed by atoms with Gasteiger partial charge in [0, 0.05) is 11.6 Å². The summed E-state index contributed by atoms with van der Waals surface area (Å²) in [7, 11) is -4.35. The van der Waals surface area contributed by atoms with Crippen LogP contribution in [-0.2, 0) is 39.1 Å². The number of imide groups is 1. The molecule has 2 aromatic carbocycles. The zero-order valence-corrected chi connectivity index (χ0v) is 20.9. The molecule has 196 valence electrons. The lowest BCUT2D eigenvalue weighted by Gasteiger charge is -2.22. The summed E-state index contributed by atoms with van der Waals surface area (Å²) < 4.78 is 63.8. The van der Waals surface area contributed by atoms with Crippen LogP contribution in [0.5, 0.6) is 0 Å². The zero-order chi connectivity index (χ0) is 27.1. The lowest BCUT2D eigenvalue weighted by Crippen LogP contribution is -2.44. The number of benzene rings is 2. The highest BCUT2D eigenvalue weighted by molar-refractivity contribution is 8.18. The van der Waals surface area contributed by atoms with E-state index in [1.807, 2.05) is 0 Å². The van der Waals surface area contributed by atoms with Crippen LogP contribution >= 0.6 is 23.4 Å². The number of carbonyl (C=O) groups excluding carboxylic acids is 3. The van der Waals surface area contributed by atoms with Crippen LogP contribution in [0.25, 0.3) is 6.08 Å². The summed E-state index contributed by atoms with van der Waals surface area (Å²) in [4.78, 5) is 37.1. The van der Waals surface area contributed by atoms with E-state index in [-0.39, 0.29) is 22.0 Å². The first kappa shape index (κ1) is 26.9. The van der Waals surface area contributed by atoms with E-state index in [1.165, 1.54) is 22.9 Å². The van der Waals surface area contributed by atoms with E-state index >= 15 is 0 Å². The molecule has 2 aliphatic heterocycles. The number of nitrogens with one attached hydrogen (secondary N) is 2. The zero-order valence-electron chi connectivity index (χ0n) is 18.5. The van der Waals surface area contributed by atoms with Crippen LogP contribution in [0.15, 0.2) is 41.3 Å². The van der Waals surface area contributed by atoms with Gasteiger partial charge in [0.15, 0.2) is 0 Å². The number of hydrazine groups is 1. The predicted molar refractivity (Wildman–Crippen MR) is 130 cm³/mol. The highest BCUT2D eigenvalue weighted by Gasteiger charge is 2.37. The number of hydrogen-bond acceptors (Lipinski definition) is 8. The molecule has 0 atom stereocenters. The van der Waals surface area contributed by atoms with E-state index in [1.54, 1.807) is 23.2 Å². The molecule has 1 saturated heterocycles. The molecule has 2 heterocycles. The number of rotatable bonds is 6. The lowest BCUT2D eigenvalue weighted by atomic mass is 10.1. The Morgan fingerprint density at radius 3 is 2.62 bits per heavy atom. The molecule has 0 spiro atoms. The highest BCUT2D eigenvalue weighted by atomic mass is 35.5. The number of fused-ring (bicyclic) bond motifs is 1. The Kier molecular flexibility index (Phi) is 7.27. The number of carbonyl (C=O) groups is 3. The van der Waals surface area contributed by atoms with Crippen molar-refractivity contribution in [3.8, 4) is 0 Å². The largest absolute Gasteiger partial charge is 0.416 e. The van der Waals surface area contributed by atoms with Crippen LogP contribution in [-0.4, -0.2) is 36.9 Å². The number of anilines is 1. The first-order valence-corrected chi connectivity index (χ1v) is 13.0. The first-order chi connectivity index (χ1) is 17.2. The van der Waals surface area contributed by atoms with Crippen molar-refractivity contribution in [2.45, 2.75) is 19.3 Å². The fraction of sp³-hybridized carbons (Fsp3) is 0.190. The fourth-order valence-corrected chi connectivity index (χ4v) is 5.14. The minimum Gasteiger partial charge on any atom is -0.303 e. The average molecular weight is 576 g/mol. The maximum Gasteiger partial charge on any atom is 0.416 e. The first-order valence-electron chi connectivity index (χ1n) is 10.3. The van der Waals surface area contributed by atoms with Crippen LogP contribution < -0.4 is 20.3 Å². The van der Waals surface area contributed by atoms with Gasteiger partial charge in [0.2, 0.25) is 0 Å². The SMILES string of the molecule is NS(=O)(=O)NC(=O)CN1C(=O)S/C(=C\c2ccc3c(c2)CNN3Cc2ccc(Cl)cc2C(F)(F)F)C1=O. The molecule has 4 rings (SSSR count). The summed E-state index contributed by atoms with van der Waals surface area (Å²) in [5, 5.41) is 5.49. The molecule has 0 aliphatic carbocycles. The number of hydrogen-bond donors (Lipinski definition) is 3. The molecule has 0 saturated carbocycles. The fourth-order valence-electron chi connectivity index (χ4n) is 3.75. The minimum atomic E-state index is -4.57. The maximum absolute atomic E-state index is 13.5. The summed E-state index contributed by atoms with van der Waals surface area (Å²) in [5.41, 5.74) is 4.12. The van der Waals surface area contributed by atoms with Crippen LogP contribution in [0, 0.1) is 0 Å². The third-order valence-electron chi connectivity index (χ3n) is 5.29. The monoisotopic (exact) mass is 575 g/mol. The molecule has 0 unspecified atom stereocenters. The Morgan fingerprint density at radius 2 is 1.95 bits per heavy atom. The van der Waals surface area contributed by atoms with Gasteiger partial charge in [0.1, 0.15) is 6.54 Å². The second-order valence-corrected chi connectivity index (χ2v) is 10.7. The van der Waals surface area contributed by atoms with Gasteiger partial charge in [-0.05, 0) is 58.8 Å². The summed E-state index contributed by atoms with van der Waals surface area (Å²) in [5.74, 6) is -1.94. The van der Waals surface area contributed by atoms with E-state index in [2.05, 4.69) is 5.43 Å². The van der Waals surface area contributed by atoms with Crippen molar-refractivity contribution in [2.75, 3.05) is 11.6 Å². The molecular weight excluding hydrogens is 559 g/mol. The second-order valence-electron chi connectivity index (χ2n) is 7.95. The van der Waals surface area contributed by atoms with Crippen molar-refractivity contribution in [3.63, 3.8) is 0 Å². The van der Waals surface area contributed by atoms with E-state index in [4.69, 9.17) is 16.7 Å². The number of amides is 3. The quantitative estimate of drug-likeness (QED) is 0.446. The number of nitrogens with two attached hydrogens (primary N) is 1. The molecule has 10 nitrogen and oxygen atoms in total. The molecule has 1 fully saturated rings. The van der Waals surface area contributed by atoms with Crippen molar-refractivity contribution in [1.82, 2.24) is 15.0 Å². The standard InChI is InChI=1S/C21H17ClF3N5O5S2/c22-14-3-2-12(15(7-14)21(23,24)25)9-30-16-4-1-11(5-13(16)8-27-30)6-17-19(32)29(20(33)36-17)10-18(31)28-37(26,34)35/h1-7,27H,8-10H2,(H,28,31)(H2,26,34,35)/b17-6-. The van der Waals surface area contributed by atoms with Crippen molar-refractivity contribution in [3.05, 3.63) is 68.6 Å². The molecule has 16 heteroatoms. The lowest BCUT2D eigenvalue weighted by molar-refractivity contribution is -0.138. The van der Waals surface area contributed by atoms with Crippen LogP contribution in [0.1, 0.15) is 22.3 Å². The van der Waals surface area contributed by atoms with Gasteiger partial charge in [0.05, 0.1) is 22.7 Å². The van der Waals surface area contributed by atoms with Crippen LogP contribution in [0.2, 0.25) is 5.02 Å². The Morgan fingerprint density at radius 1 is 1.22 bits per heavy atom. The van der Waals surface area contributed by atoms with Crippen molar-refractivity contribution < 1.29 is 36.0 Å². The Balaban J connectivity index is 1.50. The van der Waals surface area contributed by atoms with Gasteiger partial charge in [-0.2, -0.15) is 21.6 Å². The predicted octanol–water partition coefficient (Wildman–Crippen LogP) is 2.74. The number of thioether (sulfide) groups is 1. The number of alkyl halides is 3. The molecule has 0 radical (unpaired) electrons. The Labute approximate surface area is 217 Å². The number of halogens is 4. The molecule has 3 amide bonds. The Bertz CT molecular complexity index is 1450. The van der Waals surface area contributed by atoms with Gasteiger partial charge < -0.3 is 5.01 Å². The normalized spacial score (nSPS) is 17.1. The minimum absolute atomic E-state index is 0.00662. The smallest absolute Gasteiger partial charge is 0.303 e. The molecular formula is C21H17ClF3N5O5S2. The Hall–Kier alpha value is -3.11. The van der Waals surface area contributed by atoms with E-state index < -0.39 is 45.5 Å². The molecule has 0 aromatic heterocycles. The highest BCUT2D eigenvalue weighted by Crippen LogP contribution is 2.37. The topological polar surface area (TPSA) is 142 Å². The van der Waals surface area contributed by atoms with Crippen molar-refractivity contribution >= 4 is 62.4 Å². The molecule has 37 heavy (non-hydrogen) atoms. The van der Waals surface area contributed by atoms with Gasteiger partial charge in [-0.15, -0.1) is 0 Å². The van der Waals surface area contributed by atoms with Gasteiger partial charge in [0.25, 0.3) is 27.3 Å². The summed E-state index contributed by atoms with van der Waals surface area (Å²) in [6.45, 7) is -0.606. The van der Waals surface area contributed by atoms with Crippen LogP contribution in [0.4, 0.5) is 23.7 Å². The van der Waals surface area contributed by atoms with Gasteiger partial charge in [-0.1, -0.05) is 23.7 Å².